The van der Waals surface area contributed by atoms with Gasteiger partial charge in [0.15, 0.2) is 29.0 Å². The van der Waals surface area contributed by atoms with Gasteiger partial charge in [0.2, 0.25) is 0 Å². The van der Waals surface area contributed by atoms with Gasteiger partial charge in [-0.1, -0.05) is 23.9 Å². The quantitative estimate of drug-likeness (QED) is 0.280. The monoisotopic (exact) mass is 495 g/mol. The van der Waals surface area contributed by atoms with Gasteiger partial charge in [0.05, 0.1) is 12.1 Å². The number of benzene rings is 1. The number of thioether (sulfide) groups is 1. The first kappa shape index (κ1) is 22.3. The molecule has 1 aliphatic heterocycles. The molecule has 0 saturated carbocycles. The maximum atomic E-state index is 13.3. The van der Waals surface area contributed by atoms with E-state index in [1.54, 1.807) is 40.5 Å². The molecule has 1 aliphatic rings. The summed E-state index contributed by atoms with van der Waals surface area (Å²) < 4.78 is 18.5. The fraction of sp³-hybridized carbons (Fsp3) is 0.208. The summed E-state index contributed by atoms with van der Waals surface area (Å²) in [7, 11) is 0. The first-order valence-corrected chi connectivity index (χ1v) is 12.6. The molecule has 3 aromatic heterocycles. The molecule has 5 rings (SSSR count). The van der Waals surface area contributed by atoms with Crippen molar-refractivity contribution in [2.45, 2.75) is 11.7 Å². The summed E-state index contributed by atoms with van der Waals surface area (Å²) in [5, 5.41) is 2.62. The van der Waals surface area contributed by atoms with Crippen LogP contribution in [0.25, 0.3) is 5.52 Å². The first-order valence-electron chi connectivity index (χ1n) is 10.5. The summed E-state index contributed by atoms with van der Waals surface area (Å²) in [6, 6.07) is 14.7. The zero-order valence-electron chi connectivity index (χ0n) is 18.3. The number of fused-ring (bicyclic) bond motifs is 2. The lowest BCUT2D eigenvalue weighted by Crippen LogP contribution is -2.34. The summed E-state index contributed by atoms with van der Waals surface area (Å²) in [6.45, 7) is 0.863. The molecule has 0 spiro atoms. The number of ether oxygens (including phenoxy) is 3. The number of hydrogen-bond donors (Lipinski definition) is 0. The highest BCUT2D eigenvalue weighted by atomic mass is 32.2. The third-order valence-electron chi connectivity index (χ3n) is 5.25. The van der Waals surface area contributed by atoms with Crippen LogP contribution in [0.1, 0.15) is 15.4 Å². The normalized spacial score (nSPS) is 12.5. The molecular formula is C24H21N3O5S2. The van der Waals surface area contributed by atoms with Crippen LogP contribution in [0.3, 0.4) is 0 Å². The average molecular weight is 496 g/mol. The van der Waals surface area contributed by atoms with E-state index < -0.39 is 12.6 Å². The van der Waals surface area contributed by atoms with Crippen LogP contribution in [0.2, 0.25) is 0 Å². The molecule has 34 heavy (non-hydrogen) atoms. The fourth-order valence-corrected chi connectivity index (χ4v) is 4.89. The number of esters is 1. The van der Waals surface area contributed by atoms with E-state index in [1.165, 1.54) is 11.8 Å². The third kappa shape index (κ3) is 4.46. The molecule has 0 fully saturated rings. The number of amides is 1. The summed E-state index contributed by atoms with van der Waals surface area (Å²) in [4.78, 5) is 33.1. The van der Waals surface area contributed by atoms with Crippen LogP contribution in [-0.2, 0) is 16.1 Å². The number of thiophene rings is 1. The van der Waals surface area contributed by atoms with Gasteiger partial charge in [0, 0.05) is 22.8 Å². The zero-order chi connectivity index (χ0) is 23.5. The standard InChI is InChI=1S/C24H21N3O5S2/c1-33-24-25-22(18-6-2-3-9-26(18)24)23(29)32-15-21(28)27(14-17-5-4-12-34-17)16-7-8-19-20(13-16)31-11-10-30-19/h2-9,12-13H,10-11,14-15H2,1H3. The topological polar surface area (TPSA) is 82.4 Å². The molecule has 0 saturated heterocycles. The summed E-state index contributed by atoms with van der Waals surface area (Å²) in [5.41, 5.74) is 1.45. The Labute approximate surface area is 204 Å². The maximum absolute atomic E-state index is 13.3. The van der Waals surface area contributed by atoms with Gasteiger partial charge in [-0.3, -0.25) is 9.20 Å². The Balaban J connectivity index is 1.36. The largest absolute Gasteiger partial charge is 0.486 e. The van der Waals surface area contributed by atoms with Gasteiger partial charge in [0.1, 0.15) is 13.2 Å². The highest BCUT2D eigenvalue weighted by Crippen LogP contribution is 2.35. The number of aromatic nitrogens is 2. The number of nitrogens with zero attached hydrogens (tertiary/aromatic N) is 3. The number of carbonyl (C=O) groups is 2. The molecule has 0 unspecified atom stereocenters. The minimum atomic E-state index is -0.643. The van der Waals surface area contributed by atoms with E-state index in [1.807, 2.05) is 46.5 Å². The average Bonchev–Trinajstić information content (AvgIpc) is 3.53. The van der Waals surface area contributed by atoms with E-state index in [9.17, 15) is 9.59 Å². The van der Waals surface area contributed by atoms with Gasteiger partial charge in [-0.05, 0) is 42.0 Å². The van der Waals surface area contributed by atoms with Crippen molar-refractivity contribution in [2.24, 2.45) is 0 Å². The predicted octanol–water partition coefficient (Wildman–Crippen LogP) is 4.28. The minimum absolute atomic E-state index is 0.182. The smallest absolute Gasteiger partial charge is 0.359 e. The van der Waals surface area contributed by atoms with Crippen LogP contribution < -0.4 is 14.4 Å². The molecule has 4 aromatic rings. The van der Waals surface area contributed by atoms with Crippen molar-refractivity contribution in [3.8, 4) is 11.5 Å². The molecule has 0 atom stereocenters. The second-order valence-corrected chi connectivity index (χ2v) is 9.17. The Kier molecular flexibility index (Phi) is 6.41. The van der Waals surface area contributed by atoms with Gasteiger partial charge in [-0.15, -0.1) is 11.3 Å². The van der Waals surface area contributed by atoms with E-state index in [0.717, 1.165) is 4.88 Å². The molecule has 0 aliphatic carbocycles. The van der Waals surface area contributed by atoms with Crippen molar-refractivity contribution in [3.05, 3.63) is 70.7 Å². The van der Waals surface area contributed by atoms with E-state index >= 15 is 0 Å². The summed E-state index contributed by atoms with van der Waals surface area (Å²) >= 11 is 2.97. The van der Waals surface area contributed by atoms with Gasteiger partial charge in [-0.25, -0.2) is 9.78 Å². The molecule has 1 amide bonds. The van der Waals surface area contributed by atoms with Crippen LogP contribution in [0.5, 0.6) is 11.5 Å². The Hall–Kier alpha value is -3.50. The molecule has 0 N–H and O–H groups in total. The van der Waals surface area contributed by atoms with Crippen LogP contribution in [0.4, 0.5) is 5.69 Å². The van der Waals surface area contributed by atoms with Crippen LogP contribution >= 0.6 is 23.1 Å². The van der Waals surface area contributed by atoms with Crippen molar-refractivity contribution < 1.29 is 23.8 Å². The molecule has 0 radical (unpaired) electrons. The van der Waals surface area contributed by atoms with Crippen molar-refractivity contribution in [1.82, 2.24) is 9.38 Å². The molecule has 8 nitrogen and oxygen atoms in total. The van der Waals surface area contributed by atoms with Crippen LogP contribution in [0, 0.1) is 0 Å². The lowest BCUT2D eigenvalue weighted by atomic mass is 10.2. The minimum Gasteiger partial charge on any atom is -0.486 e. The third-order valence-corrected chi connectivity index (χ3v) is 6.77. The number of carbonyl (C=O) groups excluding carboxylic acids is 2. The Morgan fingerprint density at radius 3 is 2.79 bits per heavy atom. The second kappa shape index (κ2) is 9.78. The summed E-state index contributed by atoms with van der Waals surface area (Å²) in [5.74, 6) is 0.225. The second-order valence-electron chi connectivity index (χ2n) is 7.37. The van der Waals surface area contributed by atoms with E-state index in [2.05, 4.69) is 4.98 Å². The zero-order valence-corrected chi connectivity index (χ0v) is 19.9. The fourth-order valence-electron chi connectivity index (χ4n) is 3.66. The number of anilines is 1. The van der Waals surface area contributed by atoms with Crippen molar-refractivity contribution in [1.29, 1.82) is 0 Å². The van der Waals surface area contributed by atoms with Gasteiger partial charge >= 0.3 is 5.97 Å². The molecule has 174 valence electrons. The maximum Gasteiger partial charge on any atom is 0.359 e. The molecular weight excluding hydrogens is 474 g/mol. The van der Waals surface area contributed by atoms with Crippen LogP contribution in [0.15, 0.2) is 65.3 Å². The first-order chi connectivity index (χ1) is 16.6. The van der Waals surface area contributed by atoms with Gasteiger partial charge < -0.3 is 19.1 Å². The highest BCUT2D eigenvalue weighted by Gasteiger charge is 2.24. The number of imidazole rings is 1. The predicted molar refractivity (Wildman–Crippen MR) is 130 cm³/mol. The van der Waals surface area contributed by atoms with E-state index in [-0.39, 0.29) is 11.6 Å². The molecule has 10 heteroatoms. The van der Waals surface area contributed by atoms with Crippen LogP contribution in [-0.4, -0.2) is 47.3 Å². The number of hydrogen-bond acceptors (Lipinski definition) is 8. The van der Waals surface area contributed by atoms with Crippen molar-refractivity contribution >= 4 is 46.2 Å². The molecule has 1 aromatic carbocycles. The Bertz CT molecular complexity index is 1340. The molecule has 4 heterocycles. The van der Waals surface area contributed by atoms with E-state index in [4.69, 9.17) is 14.2 Å². The van der Waals surface area contributed by atoms with Gasteiger partial charge in [-0.2, -0.15) is 0 Å². The van der Waals surface area contributed by atoms with Crippen molar-refractivity contribution in [2.75, 3.05) is 31.0 Å². The van der Waals surface area contributed by atoms with Gasteiger partial charge in [0.25, 0.3) is 5.91 Å². The van der Waals surface area contributed by atoms with Crippen molar-refractivity contribution in [3.63, 3.8) is 0 Å². The Morgan fingerprint density at radius 2 is 2.00 bits per heavy atom. The number of pyridine rings is 1. The lowest BCUT2D eigenvalue weighted by molar-refractivity contribution is -0.121. The highest BCUT2D eigenvalue weighted by molar-refractivity contribution is 7.98. The SMILES string of the molecule is CSc1nc(C(=O)OCC(=O)N(Cc2cccs2)c2ccc3c(c2)OCCO3)c2ccccn12. The lowest BCUT2D eigenvalue weighted by Gasteiger charge is -2.25. The Morgan fingerprint density at radius 1 is 1.15 bits per heavy atom. The van der Waals surface area contributed by atoms with E-state index in [0.29, 0.717) is 47.6 Å². The summed E-state index contributed by atoms with van der Waals surface area (Å²) in [6.07, 6.45) is 3.72. The molecule has 0 bridgehead atoms. The number of rotatable bonds is 7.